The number of unbranched alkanes of at least 4 members (excludes halogenated alkanes) is 1. The predicted molar refractivity (Wildman–Crippen MR) is 79.7 cm³/mol. The lowest BCUT2D eigenvalue weighted by atomic mass is 10.0. The fraction of sp³-hybridized carbons (Fsp3) is 0.625. The highest BCUT2D eigenvalue weighted by Crippen LogP contribution is 2.29. The Labute approximate surface area is 117 Å². The average molecular weight is 265 g/mol. The molecule has 0 saturated heterocycles. The number of rotatable bonds is 9. The van der Waals surface area contributed by atoms with E-state index in [9.17, 15) is 0 Å². The Morgan fingerprint density at radius 3 is 2.58 bits per heavy atom. The highest BCUT2D eigenvalue weighted by Gasteiger charge is 2.10. The Bertz CT molecular complexity index is 366. The van der Waals surface area contributed by atoms with Crippen molar-refractivity contribution in [1.29, 1.82) is 0 Å². The molecule has 0 aromatic heterocycles. The summed E-state index contributed by atoms with van der Waals surface area (Å²) in [5, 5.41) is 0. The van der Waals surface area contributed by atoms with Gasteiger partial charge in [-0.25, -0.2) is 0 Å². The number of methoxy groups -OCH3 is 1. The zero-order valence-electron chi connectivity index (χ0n) is 12.4. The van der Waals surface area contributed by atoms with Crippen LogP contribution >= 0.6 is 0 Å². The number of nitrogens with two attached hydrogens (primary N) is 1. The molecular weight excluding hydrogens is 238 g/mol. The zero-order valence-corrected chi connectivity index (χ0v) is 12.4. The molecular formula is C16H27NO2. The Morgan fingerprint density at radius 2 is 2.00 bits per heavy atom. The summed E-state index contributed by atoms with van der Waals surface area (Å²) in [7, 11) is 1.67. The molecule has 0 aliphatic rings. The molecule has 0 heterocycles. The van der Waals surface area contributed by atoms with E-state index in [1.165, 1.54) is 19.3 Å². The molecule has 0 bridgehead atoms. The van der Waals surface area contributed by atoms with Crippen LogP contribution in [0.1, 0.15) is 45.1 Å². The molecule has 3 heteroatoms. The van der Waals surface area contributed by atoms with Crippen LogP contribution < -0.4 is 15.2 Å². The summed E-state index contributed by atoms with van der Waals surface area (Å²) >= 11 is 0. The van der Waals surface area contributed by atoms with Crippen molar-refractivity contribution in [3.05, 3.63) is 23.8 Å². The summed E-state index contributed by atoms with van der Waals surface area (Å²) in [6, 6.07) is 5.87. The number of ether oxygens (including phenoxy) is 2. The lowest BCUT2D eigenvalue weighted by molar-refractivity contribution is 0.224. The normalized spacial score (nSPS) is 12.2. The van der Waals surface area contributed by atoms with Crippen LogP contribution in [0.5, 0.6) is 11.5 Å². The third-order valence-corrected chi connectivity index (χ3v) is 3.48. The Hall–Kier alpha value is -1.22. The molecule has 108 valence electrons. The molecule has 1 atom stereocenters. The molecule has 19 heavy (non-hydrogen) atoms. The van der Waals surface area contributed by atoms with Crippen LogP contribution in [0, 0.1) is 5.92 Å². The largest absolute Gasteiger partial charge is 0.493 e. The molecule has 0 aliphatic carbocycles. The molecule has 3 nitrogen and oxygen atoms in total. The van der Waals surface area contributed by atoms with Crippen LogP contribution in [0.2, 0.25) is 0 Å². The van der Waals surface area contributed by atoms with Gasteiger partial charge in [0, 0.05) is 6.54 Å². The van der Waals surface area contributed by atoms with E-state index in [1.807, 2.05) is 18.2 Å². The summed E-state index contributed by atoms with van der Waals surface area (Å²) < 4.78 is 11.3. The first kappa shape index (κ1) is 15.8. The molecule has 1 aromatic rings. The van der Waals surface area contributed by atoms with Gasteiger partial charge in [0.1, 0.15) is 0 Å². The fourth-order valence-corrected chi connectivity index (χ4v) is 2.07. The summed E-state index contributed by atoms with van der Waals surface area (Å²) in [5.41, 5.74) is 6.73. The van der Waals surface area contributed by atoms with Crippen LogP contribution in [0.25, 0.3) is 0 Å². The highest BCUT2D eigenvalue weighted by molar-refractivity contribution is 5.42. The zero-order chi connectivity index (χ0) is 14.1. The summed E-state index contributed by atoms with van der Waals surface area (Å²) in [6.07, 6.45) is 4.88. The Kier molecular flexibility index (Phi) is 7.34. The minimum Gasteiger partial charge on any atom is -0.493 e. The maximum absolute atomic E-state index is 5.94. The van der Waals surface area contributed by atoms with E-state index < -0.39 is 0 Å². The maximum Gasteiger partial charge on any atom is 0.161 e. The second kappa shape index (κ2) is 8.81. The summed E-state index contributed by atoms with van der Waals surface area (Å²) in [5.74, 6) is 2.20. The lowest BCUT2D eigenvalue weighted by Gasteiger charge is -2.17. The third-order valence-electron chi connectivity index (χ3n) is 3.48. The van der Waals surface area contributed by atoms with Gasteiger partial charge >= 0.3 is 0 Å². The van der Waals surface area contributed by atoms with E-state index in [0.717, 1.165) is 30.1 Å². The van der Waals surface area contributed by atoms with Gasteiger partial charge in [-0.1, -0.05) is 39.2 Å². The van der Waals surface area contributed by atoms with Crippen LogP contribution in [-0.2, 0) is 6.54 Å². The van der Waals surface area contributed by atoms with Gasteiger partial charge in [-0.15, -0.1) is 0 Å². The Morgan fingerprint density at radius 1 is 1.21 bits per heavy atom. The monoisotopic (exact) mass is 265 g/mol. The first-order chi connectivity index (χ1) is 9.24. The van der Waals surface area contributed by atoms with Crippen LogP contribution in [0.4, 0.5) is 0 Å². The molecule has 0 fully saturated rings. The van der Waals surface area contributed by atoms with E-state index >= 15 is 0 Å². The van der Waals surface area contributed by atoms with Crippen LogP contribution in [0.15, 0.2) is 18.2 Å². The van der Waals surface area contributed by atoms with E-state index in [4.69, 9.17) is 15.2 Å². The van der Waals surface area contributed by atoms with E-state index in [-0.39, 0.29) is 0 Å². The lowest BCUT2D eigenvalue weighted by Crippen LogP contribution is -2.12. The summed E-state index contributed by atoms with van der Waals surface area (Å²) in [6.45, 7) is 5.72. The van der Waals surface area contributed by atoms with Gasteiger partial charge in [0.25, 0.3) is 0 Å². The van der Waals surface area contributed by atoms with Gasteiger partial charge in [0.05, 0.1) is 13.7 Å². The van der Waals surface area contributed by atoms with Crippen molar-refractivity contribution in [3.8, 4) is 11.5 Å². The highest BCUT2D eigenvalue weighted by atomic mass is 16.5. The molecule has 1 unspecified atom stereocenters. The van der Waals surface area contributed by atoms with Crippen molar-refractivity contribution in [3.63, 3.8) is 0 Å². The number of benzene rings is 1. The summed E-state index contributed by atoms with van der Waals surface area (Å²) in [4.78, 5) is 0. The van der Waals surface area contributed by atoms with Crippen molar-refractivity contribution in [2.24, 2.45) is 11.7 Å². The SMILES string of the molecule is CCCCC(CC)COc1cc(CN)ccc1OC. The molecule has 0 saturated carbocycles. The predicted octanol–water partition coefficient (Wildman–Crippen LogP) is 3.75. The molecule has 0 aliphatic heterocycles. The van der Waals surface area contributed by atoms with Crippen molar-refractivity contribution in [2.45, 2.75) is 46.1 Å². The molecule has 1 aromatic carbocycles. The smallest absolute Gasteiger partial charge is 0.161 e. The van der Waals surface area contributed by atoms with Gasteiger partial charge in [0.15, 0.2) is 11.5 Å². The minimum atomic E-state index is 0.521. The van der Waals surface area contributed by atoms with Crippen molar-refractivity contribution < 1.29 is 9.47 Å². The van der Waals surface area contributed by atoms with E-state index in [2.05, 4.69) is 13.8 Å². The van der Waals surface area contributed by atoms with Gasteiger partial charge < -0.3 is 15.2 Å². The van der Waals surface area contributed by atoms with Gasteiger partial charge in [-0.05, 0) is 30.0 Å². The molecule has 1 rings (SSSR count). The maximum atomic E-state index is 5.94. The second-order valence-corrected chi connectivity index (χ2v) is 4.92. The quantitative estimate of drug-likeness (QED) is 0.739. The average Bonchev–Trinajstić information content (AvgIpc) is 2.47. The number of hydrogen-bond acceptors (Lipinski definition) is 3. The van der Waals surface area contributed by atoms with Crippen molar-refractivity contribution in [2.75, 3.05) is 13.7 Å². The van der Waals surface area contributed by atoms with E-state index in [1.54, 1.807) is 7.11 Å². The minimum absolute atomic E-state index is 0.521. The fourth-order valence-electron chi connectivity index (χ4n) is 2.07. The van der Waals surface area contributed by atoms with Crippen molar-refractivity contribution >= 4 is 0 Å². The second-order valence-electron chi connectivity index (χ2n) is 4.92. The number of hydrogen-bond donors (Lipinski definition) is 1. The van der Waals surface area contributed by atoms with Gasteiger partial charge in [-0.2, -0.15) is 0 Å². The van der Waals surface area contributed by atoms with Gasteiger partial charge in [0.2, 0.25) is 0 Å². The first-order valence-corrected chi connectivity index (χ1v) is 7.24. The van der Waals surface area contributed by atoms with Gasteiger partial charge in [-0.3, -0.25) is 0 Å². The molecule has 0 spiro atoms. The molecule has 2 N–H and O–H groups in total. The van der Waals surface area contributed by atoms with Crippen LogP contribution in [-0.4, -0.2) is 13.7 Å². The molecule has 0 radical (unpaired) electrons. The first-order valence-electron chi connectivity index (χ1n) is 7.24. The van der Waals surface area contributed by atoms with Crippen molar-refractivity contribution in [1.82, 2.24) is 0 Å². The third kappa shape index (κ3) is 5.11. The molecule has 0 amide bonds. The Balaban J connectivity index is 2.63. The topological polar surface area (TPSA) is 44.5 Å². The van der Waals surface area contributed by atoms with Crippen LogP contribution in [0.3, 0.4) is 0 Å². The van der Waals surface area contributed by atoms with E-state index in [0.29, 0.717) is 12.5 Å². The standard InChI is InChI=1S/C16H27NO2/c1-4-6-7-13(5-2)12-19-16-10-14(11-17)8-9-15(16)18-3/h8-10,13H,4-7,11-12,17H2,1-3H3.